The number of carbonyl (C=O) groups is 1. The molecule has 0 fully saturated rings. The molecule has 0 aliphatic rings. The Bertz CT molecular complexity index is 973. The van der Waals surface area contributed by atoms with Gasteiger partial charge >= 0.3 is 0 Å². The number of hydrogen-bond acceptors (Lipinski definition) is 6. The predicted molar refractivity (Wildman–Crippen MR) is 104 cm³/mol. The summed E-state index contributed by atoms with van der Waals surface area (Å²) in [5, 5.41) is 13.4. The number of ether oxygens (including phenoxy) is 1. The molecule has 10 heteroatoms. The summed E-state index contributed by atoms with van der Waals surface area (Å²) in [5.41, 5.74) is 0.676. The van der Waals surface area contributed by atoms with Crippen molar-refractivity contribution in [3.63, 3.8) is 0 Å². The highest BCUT2D eigenvalue weighted by atomic mass is 32.2. The SMILES string of the molecule is CCOc1ccc(S(=O)(=O)N[C@H](C)C(=O)Nc2cc([N+](=O)[O-])ccc2C)cc1. The molecule has 0 saturated carbocycles. The fourth-order valence-corrected chi connectivity index (χ4v) is 3.54. The first kappa shape index (κ1) is 21.3. The highest BCUT2D eigenvalue weighted by Gasteiger charge is 2.23. The van der Waals surface area contributed by atoms with Crippen LogP contribution in [0.2, 0.25) is 0 Å². The second kappa shape index (κ2) is 8.81. The smallest absolute Gasteiger partial charge is 0.271 e. The number of nitrogens with zero attached hydrogens (tertiary/aromatic N) is 1. The average Bonchev–Trinajstić information content (AvgIpc) is 2.63. The van der Waals surface area contributed by atoms with Gasteiger partial charge in [-0.3, -0.25) is 14.9 Å². The van der Waals surface area contributed by atoms with Crippen molar-refractivity contribution in [3.8, 4) is 5.75 Å². The molecule has 2 aromatic carbocycles. The molecule has 2 aromatic rings. The van der Waals surface area contributed by atoms with Crippen LogP contribution in [0.25, 0.3) is 0 Å². The molecule has 1 atom stereocenters. The average molecular weight is 407 g/mol. The first-order chi connectivity index (χ1) is 13.1. The van der Waals surface area contributed by atoms with Gasteiger partial charge in [0, 0.05) is 12.1 Å². The van der Waals surface area contributed by atoms with Gasteiger partial charge in [0.05, 0.1) is 28.2 Å². The van der Waals surface area contributed by atoms with Crippen molar-refractivity contribution in [1.29, 1.82) is 0 Å². The molecule has 0 aliphatic heterocycles. The maximum atomic E-state index is 12.5. The number of sulfonamides is 1. The summed E-state index contributed by atoms with van der Waals surface area (Å²) in [5.74, 6) is -0.105. The van der Waals surface area contributed by atoms with E-state index in [2.05, 4.69) is 10.0 Å². The first-order valence-electron chi connectivity index (χ1n) is 8.45. The number of hydrogen-bond donors (Lipinski definition) is 2. The van der Waals surface area contributed by atoms with E-state index in [1.54, 1.807) is 6.92 Å². The lowest BCUT2D eigenvalue weighted by atomic mass is 10.1. The number of benzene rings is 2. The summed E-state index contributed by atoms with van der Waals surface area (Å²) in [7, 11) is -3.93. The van der Waals surface area contributed by atoms with E-state index in [9.17, 15) is 23.3 Å². The Hall–Kier alpha value is -2.98. The van der Waals surface area contributed by atoms with Crippen LogP contribution in [0, 0.1) is 17.0 Å². The number of aryl methyl sites for hydroxylation is 1. The van der Waals surface area contributed by atoms with Crippen molar-refractivity contribution in [1.82, 2.24) is 4.72 Å². The summed E-state index contributed by atoms with van der Waals surface area (Å²) >= 11 is 0. The third-order valence-corrected chi connectivity index (χ3v) is 5.42. The van der Waals surface area contributed by atoms with E-state index < -0.39 is 26.9 Å². The molecular formula is C18H21N3O6S. The number of nitro benzene ring substituents is 1. The van der Waals surface area contributed by atoms with E-state index in [1.165, 1.54) is 49.4 Å². The van der Waals surface area contributed by atoms with Gasteiger partial charge in [-0.2, -0.15) is 4.72 Å². The number of rotatable bonds is 8. The van der Waals surface area contributed by atoms with Crippen molar-refractivity contribution in [3.05, 3.63) is 58.1 Å². The van der Waals surface area contributed by atoms with Gasteiger partial charge in [0.15, 0.2) is 0 Å². The zero-order valence-electron chi connectivity index (χ0n) is 15.6. The minimum atomic E-state index is -3.93. The van der Waals surface area contributed by atoms with E-state index in [1.807, 2.05) is 6.92 Å². The largest absolute Gasteiger partial charge is 0.494 e. The van der Waals surface area contributed by atoms with E-state index in [0.717, 1.165) is 0 Å². The third kappa shape index (κ3) is 5.27. The zero-order chi connectivity index (χ0) is 20.9. The molecule has 28 heavy (non-hydrogen) atoms. The van der Waals surface area contributed by atoms with Gasteiger partial charge in [0.25, 0.3) is 5.69 Å². The fourth-order valence-electron chi connectivity index (χ4n) is 2.34. The summed E-state index contributed by atoms with van der Waals surface area (Å²) in [6.07, 6.45) is 0. The van der Waals surface area contributed by atoms with E-state index >= 15 is 0 Å². The molecule has 0 unspecified atom stereocenters. The van der Waals surface area contributed by atoms with Gasteiger partial charge in [-0.25, -0.2) is 8.42 Å². The Morgan fingerprint density at radius 2 is 1.86 bits per heavy atom. The molecular weight excluding hydrogens is 386 g/mol. The predicted octanol–water partition coefficient (Wildman–Crippen LogP) is 2.61. The standard InChI is InChI=1S/C18H21N3O6S/c1-4-27-15-7-9-16(10-8-15)28(25,26)20-13(3)18(22)19-17-11-14(21(23)24)6-5-12(17)2/h5-11,13,20H,4H2,1-3H3,(H,19,22)/t13-/m1/s1. The number of amides is 1. The van der Waals surface area contributed by atoms with Crippen molar-refractivity contribution >= 4 is 27.3 Å². The second-order valence-corrected chi connectivity index (χ2v) is 7.71. The van der Waals surface area contributed by atoms with Gasteiger partial charge in [-0.1, -0.05) is 6.07 Å². The Kier molecular flexibility index (Phi) is 6.71. The van der Waals surface area contributed by atoms with Crippen LogP contribution >= 0.6 is 0 Å². The third-order valence-electron chi connectivity index (χ3n) is 3.86. The maximum Gasteiger partial charge on any atom is 0.271 e. The molecule has 2 N–H and O–H groups in total. The van der Waals surface area contributed by atoms with Crippen LogP contribution < -0.4 is 14.8 Å². The highest BCUT2D eigenvalue weighted by molar-refractivity contribution is 7.89. The van der Waals surface area contributed by atoms with Gasteiger partial charge in [-0.05, 0) is 50.6 Å². The van der Waals surface area contributed by atoms with Crippen LogP contribution in [-0.4, -0.2) is 31.9 Å². The Morgan fingerprint density at radius 1 is 1.21 bits per heavy atom. The van der Waals surface area contributed by atoms with E-state index in [0.29, 0.717) is 17.9 Å². The molecule has 0 spiro atoms. The number of nitrogens with one attached hydrogen (secondary N) is 2. The van der Waals surface area contributed by atoms with Crippen molar-refractivity contribution in [2.24, 2.45) is 0 Å². The highest BCUT2D eigenvalue weighted by Crippen LogP contribution is 2.22. The summed E-state index contributed by atoms with van der Waals surface area (Å²) in [4.78, 5) is 22.7. The van der Waals surface area contributed by atoms with Crippen LogP contribution in [0.4, 0.5) is 11.4 Å². The summed E-state index contributed by atoms with van der Waals surface area (Å²) in [6.45, 7) is 5.33. The Labute approximate surface area is 162 Å². The van der Waals surface area contributed by atoms with Gasteiger partial charge < -0.3 is 10.1 Å². The molecule has 0 radical (unpaired) electrons. The van der Waals surface area contributed by atoms with Crippen LogP contribution in [-0.2, 0) is 14.8 Å². The topological polar surface area (TPSA) is 128 Å². The fraction of sp³-hybridized carbons (Fsp3) is 0.278. The number of non-ortho nitro benzene ring substituents is 1. The first-order valence-corrected chi connectivity index (χ1v) is 9.93. The lowest BCUT2D eigenvalue weighted by Crippen LogP contribution is -2.41. The minimum Gasteiger partial charge on any atom is -0.494 e. The van der Waals surface area contributed by atoms with Crippen molar-refractivity contribution in [2.45, 2.75) is 31.7 Å². The summed E-state index contributed by atoms with van der Waals surface area (Å²) in [6, 6.07) is 8.75. The Morgan fingerprint density at radius 3 is 2.43 bits per heavy atom. The lowest BCUT2D eigenvalue weighted by Gasteiger charge is -2.15. The van der Waals surface area contributed by atoms with Crippen LogP contribution in [0.3, 0.4) is 0 Å². The van der Waals surface area contributed by atoms with Gasteiger partial charge in [0.1, 0.15) is 5.75 Å². The number of anilines is 1. The lowest BCUT2D eigenvalue weighted by molar-refractivity contribution is -0.384. The van der Waals surface area contributed by atoms with Crippen molar-refractivity contribution in [2.75, 3.05) is 11.9 Å². The molecule has 0 heterocycles. The molecule has 0 aromatic heterocycles. The molecule has 150 valence electrons. The molecule has 0 aliphatic carbocycles. The monoisotopic (exact) mass is 407 g/mol. The normalized spacial score (nSPS) is 12.2. The van der Waals surface area contributed by atoms with E-state index in [-0.39, 0.29) is 16.3 Å². The Balaban J connectivity index is 2.11. The summed E-state index contributed by atoms with van der Waals surface area (Å²) < 4.78 is 32.5. The van der Waals surface area contributed by atoms with E-state index in [4.69, 9.17) is 4.74 Å². The van der Waals surface area contributed by atoms with Crippen LogP contribution in [0.15, 0.2) is 47.4 Å². The quantitative estimate of drug-likeness (QED) is 0.511. The molecule has 1 amide bonds. The molecule has 0 saturated heterocycles. The maximum absolute atomic E-state index is 12.5. The number of carbonyl (C=O) groups excluding carboxylic acids is 1. The molecule has 9 nitrogen and oxygen atoms in total. The van der Waals surface area contributed by atoms with Gasteiger partial charge in [-0.15, -0.1) is 0 Å². The van der Waals surface area contributed by atoms with Gasteiger partial charge in [0.2, 0.25) is 15.9 Å². The second-order valence-electron chi connectivity index (χ2n) is 5.99. The minimum absolute atomic E-state index is 0.0119. The van der Waals surface area contributed by atoms with Crippen molar-refractivity contribution < 1.29 is 22.9 Å². The molecule has 2 rings (SSSR count). The molecule has 0 bridgehead atoms. The zero-order valence-corrected chi connectivity index (χ0v) is 16.4. The number of nitro groups is 1. The van der Waals surface area contributed by atoms with Crippen LogP contribution in [0.5, 0.6) is 5.75 Å². The van der Waals surface area contributed by atoms with Crippen LogP contribution in [0.1, 0.15) is 19.4 Å².